The van der Waals surface area contributed by atoms with Gasteiger partial charge >= 0.3 is 11.9 Å². The van der Waals surface area contributed by atoms with E-state index in [0.717, 1.165) is 18.2 Å². The zero-order valence-electron chi connectivity index (χ0n) is 10.9. The lowest BCUT2D eigenvalue weighted by molar-refractivity contribution is -0.137. The molecule has 0 spiro atoms. The van der Waals surface area contributed by atoms with Crippen LogP contribution in [-0.4, -0.2) is 32.7 Å². The molecular formula is C12H11F3N4O3. The summed E-state index contributed by atoms with van der Waals surface area (Å²) in [5.41, 5.74) is -1.57. The molecular weight excluding hydrogens is 305 g/mol. The maximum Gasteiger partial charge on any atom is 0.416 e. The van der Waals surface area contributed by atoms with Crippen LogP contribution < -0.4 is 11.0 Å². The summed E-state index contributed by atoms with van der Waals surface area (Å²) >= 11 is 0. The van der Waals surface area contributed by atoms with Gasteiger partial charge in [-0.2, -0.15) is 13.2 Å². The van der Waals surface area contributed by atoms with E-state index in [0.29, 0.717) is 0 Å². The van der Waals surface area contributed by atoms with Crippen LogP contribution in [-0.2, 0) is 6.18 Å². The number of halogens is 3. The number of aromatic nitrogens is 3. The van der Waals surface area contributed by atoms with E-state index in [1.807, 2.05) is 5.10 Å². The van der Waals surface area contributed by atoms with Gasteiger partial charge in [-0.15, -0.1) is 5.10 Å². The quantitative estimate of drug-likeness (QED) is 0.661. The molecule has 118 valence electrons. The molecule has 0 bridgehead atoms. The fourth-order valence-electron chi connectivity index (χ4n) is 1.69. The number of nitrogens with zero attached hydrogens (tertiary/aromatic N) is 1. The van der Waals surface area contributed by atoms with E-state index < -0.39 is 29.4 Å². The maximum atomic E-state index is 12.6. The van der Waals surface area contributed by atoms with Crippen LogP contribution in [0.15, 0.2) is 29.1 Å². The van der Waals surface area contributed by atoms with Crippen LogP contribution in [0, 0.1) is 0 Å². The number of H-pyrrole nitrogens is 2. The van der Waals surface area contributed by atoms with Crippen LogP contribution >= 0.6 is 0 Å². The van der Waals surface area contributed by atoms with Crippen molar-refractivity contribution in [1.29, 1.82) is 0 Å². The van der Waals surface area contributed by atoms with Crippen molar-refractivity contribution >= 4 is 5.91 Å². The second kappa shape index (κ2) is 6.02. The van der Waals surface area contributed by atoms with Crippen molar-refractivity contribution in [2.75, 3.05) is 6.54 Å². The topological polar surface area (TPSA) is 111 Å². The Balaban J connectivity index is 2.02. The van der Waals surface area contributed by atoms with Crippen molar-refractivity contribution in [3.63, 3.8) is 0 Å². The monoisotopic (exact) mass is 316 g/mol. The summed E-state index contributed by atoms with van der Waals surface area (Å²) in [7, 11) is 0. The summed E-state index contributed by atoms with van der Waals surface area (Å²) in [5.74, 6) is -1.06. The van der Waals surface area contributed by atoms with Crippen LogP contribution in [0.3, 0.4) is 0 Å². The molecule has 0 radical (unpaired) electrons. The molecule has 2 rings (SSSR count). The third-order valence-corrected chi connectivity index (χ3v) is 2.77. The molecule has 0 saturated heterocycles. The first-order valence-electron chi connectivity index (χ1n) is 6.05. The number of nitrogens with one attached hydrogen (secondary N) is 3. The molecule has 22 heavy (non-hydrogen) atoms. The molecule has 0 aliphatic carbocycles. The molecule has 0 fully saturated rings. The number of benzene rings is 1. The zero-order valence-corrected chi connectivity index (χ0v) is 10.9. The normalized spacial score (nSPS) is 12.9. The number of aromatic amines is 2. The van der Waals surface area contributed by atoms with E-state index in [-0.39, 0.29) is 17.9 Å². The smallest absolute Gasteiger partial charge is 0.387 e. The second-order valence-electron chi connectivity index (χ2n) is 4.38. The molecule has 2 aromatic rings. The molecule has 1 heterocycles. The lowest BCUT2D eigenvalue weighted by Crippen LogP contribution is -2.29. The highest BCUT2D eigenvalue weighted by atomic mass is 19.4. The second-order valence-corrected chi connectivity index (χ2v) is 4.38. The average molecular weight is 316 g/mol. The Bertz CT molecular complexity index is 723. The van der Waals surface area contributed by atoms with E-state index in [9.17, 15) is 27.9 Å². The summed E-state index contributed by atoms with van der Waals surface area (Å²) in [6, 6.07) is 4.15. The third-order valence-electron chi connectivity index (χ3n) is 2.77. The minimum atomic E-state index is -4.52. The lowest BCUT2D eigenvalue weighted by Gasteiger charge is -2.14. The van der Waals surface area contributed by atoms with E-state index >= 15 is 0 Å². The molecule has 0 aliphatic heterocycles. The van der Waals surface area contributed by atoms with Crippen molar-refractivity contribution in [2.45, 2.75) is 12.3 Å². The highest BCUT2D eigenvalue weighted by molar-refractivity contribution is 5.90. The molecule has 1 aromatic carbocycles. The number of hydrogen-bond donors (Lipinski definition) is 4. The maximum absolute atomic E-state index is 12.6. The minimum Gasteiger partial charge on any atom is -0.387 e. The highest BCUT2D eigenvalue weighted by Crippen LogP contribution is 2.30. The number of amides is 1. The van der Waals surface area contributed by atoms with Crippen LogP contribution in [0.2, 0.25) is 0 Å². The summed E-state index contributed by atoms with van der Waals surface area (Å²) in [4.78, 5) is 24.4. The number of aliphatic hydroxyl groups excluding tert-OH is 1. The number of carbonyl (C=O) groups is 1. The van der Waals surface area contributed by atoms with Gasteiger partial charge in [0.2, 0.25) is 5.82 Å². The van der Waals surface area contributed by atoms with Crippen molar-refractivity contribution in [1.82, 2.24) is 20.5 Å². The van der Waals surface area contributed by atoms with Gasteiger partial charge in [0.05, 0.1) is 11.7 Å². The van der Waals surface area contributed by atoms with Crippen molar-refractivity contribution in [3.8, 4) is 0 Å². The van der Waals surface area contributed by atoms with Crippen LogP contribution in [0.5, 0.6) is 0 Å². The number of hydrogen-bond acceptors (Lipinski definition) is 4. The number of carbonyl (C=O) groups excluding carboxylic acids is 1. The molecule has 1 atom stereocenters. The number of aliphatic hydroxyl groups is 1. The van der Waals surface area contributed by atoms with Crippen LogP contribution in [0.1, 0.15) is 27.8 Å². The number of rotatable bonds is 4. The molecule has 10 heteroatoms. The highest BCUT2D eigenvalue weighted by Gasteiger charge is 2.30. The zero-order chi connectivity index (χ0) is 16.3. The minimum absolute atomic E-state index is 0.00523. The Hall–Kier alpha value is -2.62. The predicted octanol–water partition coefficient (Wildman–Crippen LogP) is 0.580. The Morgan fingerprint density at radius 3 is 2.73 bits per heavy atom. The van der Waals surface area contributed by atoms with Crippen LogP contribution in [0.25, 0.3) is 0 Å². The van der Waals surface area contributed by atoms with Gasteiger partial charge in [0, 0.05) is 6.54 Å². The largest absolute Gasteiger partial charge is 0.416 e. The van der Waals surface area contributed by atoms with Crippen molar-refractivity contribution in [2.24, 2.45) is 0 Å². The number of alkyl halides is 3. The lowest BCUT2D eigenvalue weighted by atomic mass is 10.1. The van der Waals surface area contributed by atoms with Crippen molar-refractivity contribution < 1.29 is 23.1 Å². The van der Waals surface area contributed by atoms with Gasteiger partial charge in [-0.1, -0.05) is 12.1 Å². The van der Waals surface area contributed by atoms with E-state index in [4.69, 9.17) is 0 Å². The Kier molecular flexibility index (Phi) is 4.31. The van der Waals surface area contributed by atoms with Crippen molar-refractivity contribution in [3.05, 3.63) is 51.7 Å². The first-order chi connectivity index (χ1) is 10.3. The van der Waals surface area contributed by atoms with Gasteiger partial charge in [-0.05, 0) is 17.7 Å². The van der Waals surface area contributed by atoms with Gasteiger partial charge in [0.25, 0.3) is 5.91 Å². The van der Waals surface area contributed by atoms with E-state index in [2.05, 4.69) is 15.4 Å². The summed E-state index contributed by atoms with van der Waals surface area (Å²) in [6.07, 6.45) is -5.86. The summed E-state index contributed by atoms with van der Waals surface area (Å²) < 4.78 is 37.7. The van der Waals surface area contributed by atoms with Crippen LogP contribution in [0.4, 0.5) is 13.2 Å². The molecule has 0 saturated carbocycles. The Morgan fingerprint density at radius 1 is 1.41 bits per heavy atom. The molecule has 7 nitrogen and oxygen atoms in total. The first kappa shape index (κ1) is 15.8. The standard InChI is InChI=1S/C12H11F3N4O3/c13-12(14,15)7-3-1-2-6(4-7)8(20)5-16-10(21)9-17-11(22)19-18-9/h1-4,8,20H,5H2,(H,16,21)(H2,17,18,19,22). The molecule has 1 aromatic heterocycles. The predicted molar refractivity (Wildman–Crippen MR) is 67.9 cm³/mol. The summed E-state index contributed by atoms with van der Waals surface area (Å²) in [6.45, 7) is -0.338. The fraction of sp³-hybridized carbons (Fsp3) is 0.250. The van der Waals surface area contributed by atoms with Gasteiger partial charge in [-0.25, -0.2) is 9.89 Å². The first-order valence-corrected chi connectivity index (χ1v) is 6.05. The van der Waals surface area contributed by atoms with Gasteiger partial charge in [0.1, 0.15) is 0 Å². The van der Waals surface area contributed by atoms with Gasteiger partial charge in [-0.3, -0.25) is 9.78 Å². The fourth-order valence-corrected chi connectivity index (χ4v) is 1.69. The van der Waals surface area contributed by atoms with E-state index in [1.165, 1.54) is 6.07 Å². The Morgan fingerprint density at radius 2 is 2.14 bits per heavy atom. The summed E-state index contributed by atoms with van der Waals surface area (Å²) in [5, 5.41) is 17.4. The molecule has 1 unspecified atom stereocenters. The van der Waals surface area contributed by atoms with E-state index in [1.54, 1.807) is 0 Å². The molecule has 1 amide bonds. The SMILES string of the molecule is O=C(NCC(O)c1cccc(C(F)(F)F)c1)c1n[nH]c(=O)[nH]1. The molecule has 0 aliphatic rings. The average Bonchev–Trinajstić information content (AvgIpc) is 2.90. The van der Waals surface area contributed by atoms with Gasteiger partial charge < -0.3 is 10.4 Å². The van der Waals surface area contributed by atoms with Gasteiger partial charge in [0.15, 0.2) is 0 Å². The molecule has 4 N–H and O–H groups in total. The third kappa shape index (κ3) is 3.73. The Labute approximate surface area is 121 Å².